The number of rotatable bonds is 4. The average Bonchev–Trinajstić information content (AvgIpc) is 3.31. The highest BCUT2D eigenvalue weighted by molar-refractivity contribution is 5.34. The van der Waals surface area contributed by atoms with E-state index >= 15 is 0 Å². The largest absolute Gasteiger partial charge is 0.382 e. The maximum Gasteiger partial charge on any atom is 0.140 e. The van der Waals surface area contributed by atoms with Crippen LogP contribution in [0.15, 0.2) is 42.7 Å². The minimum absolute atomic E-state index is 0.485. The molecule has 0 atom stereocenters. The molecule has 1 N–H and O–H groups in total. The standard InChI is InChI=1S/C20H23N3O/c21-15-19(17-4-2-1-3-5-17)8-10-20(24,11-9-19)18-22-12-13-23(18)14-16-6-7-16/h1-5,12-13,16,24H,6-11,14H2. The summed E-state index contributed by atoms with van der Waals surface area (Å²) < 4.78 is 2.12. The van der Waals surface area contributed by atoms with E-state index in [1.54, 1.807) is 6.20 Å². The van der Waals surface area contributed by atoms with Crippen LogP contribution >= 0.6 is 0 Å². The van der Waals surface area contributed by atoms with Crippen LogP contribution < -0.4 is 0 Å². The van der Waals surface area contributed by atoms with Crippen molar-refractivity contribution >= 4 is 0 Å². The van der Waals surface area contributed by atoms with Crippen LogP contribution in [0.25, 0.3) is 0 Å². The fourth-order valence-electron chi connectivity index (χ4n) is 3.98. The first-order chi connectivity index (χ1) is 11.7. The molecule has 2 aliphatic rings. The Kier molecular flexibility index (Phi) is 3.69. The Hall–Kier alpha value is -2.12. The van der Waals surface area contributed by atoms with Gasteiger partial charge in [0.25, 0.3) is 0 Å². The van der Waals surface area contributed by atoms with Crippen molar-refractivity contribution in [3.8, 4) is 6.07 Å². The summed E-state index contributed by atoms with van der Waals surface area (Å²) >= 11 is 0. The van der Waals surface area contributed by atoms with Gasteiger partial charge < -0.3 is 9.67 Å². The smallest absolute Gasteiger partial charge is 0.140 e. The molecule has 0 radical (unpaired) electrons. The van der Waals surface area contributed by atoms with Crippen LogP contribution in [0.4, 0.5) is 0 Å². The molecule has 4 rings (SSSR count). The van der Waals surface area contributed by atoms with Crippen LogP contribution in [0, 0.1) is 17.2 Å². The topological polar surface area (TPSA) is 61.8 Å². The van der Waals surface area contributed by atoms with Gasteiger partial charge in [-0.1, -0.05) is 30.3 Å². The van der Waals surface area contributed by atoms with Crippen molar-refractivity contribution in [3.05, 3.63) is 54.1 Å². The van der Waals surface area contributed by atoms with Gasteiger partial charge in [-0.3, -0.25) is 0 Å². The highest BCUT2D eigenvalue weighted by Crippen LogP contribution is 2.46. The Balaban J connectivity index is 1.56. The molecule has 4 heteroatoms. The van der Waals surface area contributed by atoms with Gasteiger partial charge in [-0.25, -0.2) is 4.98 Å². The predicted octanol–water partition coefficient (Wildman–Crippen LogP) is 3.52. The Morgan fingerprint density at radius 1 is 1.17 bits per heavy atom. The molecule has 0 unspecified atom stereocenters. The summed E-state index contributed by atoms with van der Waals surface area (Å²) in [6.07, 6.45) is 8.83. The molecule has 124 valence electrons. The summed E-state index contributed by atoms with van der Waals surface area (Å²) in [7, 11) is 0. The minimum atomic E-state index is -0.909. The van der Waals surface area contributed by atoms with E-state index in [2.05, 4.69) is 15.6 Å². The molecule has 0 aliphatic heterocycles. The lowest BCUT2D eigenvalue weighted by atomic mass is 9.66. The summed E-state index contributed by atoms with van der Waals surface area (Å²) in [4.78, 5) is 4.47. The summed E-state index contributed by atoms with van der Waals surface area (Å²) in [5.74, 6) is 1.53. The number of aromatic nitrogens is 2. The number of imidazole rings is 1. The minimum Gasteiger partial charge on any atom is -0.382 e. The number of hydrogen-bond acceptors (Lipinski definition) is 3. The third kappa shape index (κ3) is 2.63. The molecule has 24 heavy (non-hydrogen) atoms. The average molecular weight is 321 g/mol. The zero-order valence-electron chi connectivity index (χ0n) is 13.9. The fourth-order valence-corrected chi connectivity index (χ4v) is 3.98. The van der Waals surface area contributed by atoms with Gasteiger partial charge in [0.2, 0.25) is 0 Å². The first-order valence-electron chi connectivity index (χ1n) is 8.86. The van der Waals surface area contributed by atoms with E-state index in [0.717, 1.165) is 23.9 Å². The van der Waals surface area contributed by atoms with Gasteiger partial charge in [-0.15, -0.1) is 0 Å². The van der Waals surface area contributed by atoms with Crippen molar-refractivity contribution in [1.82, 2.24) is 9.55 Å². The molecule has 0 bridgehead atoms. The van der Waals surface area contributed by atoms with Gasteiger partial charge >= 0.3 is 0 Å². The second-order valence-corrected chi connectivity index (χ2v) is 7.44. The number of aliphatic hydroxyl groups is 1. The Morgan fingerprint density at radius 2 is 1.88 bits per heavy atom. The molecular weight excluding hydrogens is 298 g/mol. The highest BCUT2D eigenvalue weighted by Gasteiger charge is 2.46. The lowest BCUT2D eigenvalue weighted by Gasteiger charge is -2.40. The molecule has 0 saturated heterocycles. The van der Waals surface area contributed by atoms with Crippen LogP contribution in [-0.4, -0.2) is 14.7 Å². The van der Waals surface area contributed by atoms with Gasteiger partial charge in [-0.05, 0) is 50.0 Å². The quantitative estimate of drug-likeness (QED) is 0.937. The van der Waals surface area contributed by atoms with E-state index in [-0.39, 0.29) is 0 Å². The van der Waals surface area contributed by atoms with Gasteiger partial charge in [-0.2, -0.15) is 5.26 Å². The number of benzene rings is 1. The molecule has 4 nitrogen and oxygen atoms in total. The number of hydrogen-bond donors (Lipinski definition) is 1. The second-order valence-electron chi connectivity index (χ2n) is 7.44. The summed E-state index contributed by atoms with van der Waals surface area (Å²) in [5.41, 5.74) is -0.328. The zero-order valence-corrected chi connectivity index (χ0v) is 13.9. The van der Waals surface area contributed by atoms with Gasteiger partial charge in [0.1, 0.15) is 11.4 Å². The van der Waals surface area contributed by atoms with Crippen molar-refractivity contribution < 1.29 is 5.11 Å². The van der Waals surface area contributed by atoms with E-state index < -0.39 is 11.0 Å². The fraction of sp³-hybridized carbons (Fsp3) is 0.500. The molecule has 2 aromatic rings. The van der Waals surface area contributed by atoms with Crippen LogP contribution in [-0.2, 0) is 17.6 Å². The molecule has 2 saturated carbocycles. The Morgan fingerprint density at radius 3 is 2.50 bits per heavy atom. The molecule has 2 aliphatic carbocycles. The van der Waals surface area contributed by atoms with Crippen molar-refractivity contribution in [3.63, 3.8) is 0 Å². The highest BCUT2D eigenvalue weighted by atomic mass is 16.3. The first kappa shape index (κ1) is 15.4. The molecule has 1 aromatic heterocycles. The summed E-state index contributed by atoms with van der Waals surface area (Å²) in [6.45, 7) is 0.958. The third-order valence-electron chi connectivity index (χ3n) is 5.75. The van der Waals surface area contributed by atoms with Crippen LogP contribution in [0.5, 0.6) is 0 Å². The lowest BCUT2D eigenvalue weighted by molar-refractivity contribution is -0.0245. The summed E-state index contributed by atoms with van der Waals surface area (Å²) in [5, 5.41) is 21.1. The predicted molar refractivity (Wildman–Crippen MR) is 91.0 cm³/mol. The summed E-state index contributed by atoms with van der Waals surface area (Å²) in [6, 6.07) is 12.5. The second kappa shape index (κ2) is 5.75. The molecule has 2 fully saturated rings. The van der Waals surface area contributed by atoms with E-state index in [1.807, 2.05) is 36.5 Å². The van der Waals surface area contributed by atoms with Crippen LogP contribution in [0.1, 0.15) is 49.9 Å². The lowest BCUT2D eigenvalue weighted by Crippen LogP contribution is -2.40. The molecule has 1 aromatic carbocycles. The maximum atomic E-state index is 11.2. The van der Waals surface area contributed by atoms with E-state index in [4.69, 9.17) is 0 Å². The SMILES string of the molecule is N#CC1(c2ccccc2)CCC(O)(c2nccn2CC2CC2)CC1. The van der Waals surface area contributed by atoms with Crippen molar-refractivity contribution in [2.75, 3.05) is 0 Å². The molecule has 1 heterocycles. The van der Waals surface area contributed by atoms with Crippen molar-refractivity contribution in [2.45, 2.75) is 56.1 Å². The Bertz CT molecular complexity index is 747. The third-order valence-corrected chi connectivity index (χ3v) is 5.75. The monoisotopic (exact) mass is 321 g/mol. The molecule has 0 amide bonds. The van der Waals surface area contributed by atoms with Gasteiger partial charge in [0.15, 0.2) is 0 Å². The van der Waals surface area contributed by atoms with Crippen LogP contribution in [0.2, 0.25) is 0 Å². The zero-order chi connectivity index (χ0) is 16.6. The molecule has 0 spiro atoms. The van der Waals surface area contributed by atoms with Crippen LogP contribution in [0.3, 0.4) is 0 Å². The van der Waals surface area contributed by atoms with Crippen molar-refractivity contribution in [1.29, 1.82) is 5.26 Å². The van der Waals surface area contributed by atoms with E-state index in [9.17, 15) is 10.4 Å². The first-order valence-corrected chi connectivity index (χ1v) is 8.86. The number of nitrogens with zero attached hydrogens (tertiary/aromatic N) is 3. The normalized spacial score (nSPS) is 30.0. The Labute approximate surface area is 142 Å². The van der Waals surface area contributed by atoms with Crippen molar-refractivity contribution in [2.24, 2.45) is 5.92 Å². The van der Waals surface area contributed by atoms with Gasteiger partial charge in [0, 0.05) is 18.9 Å². The van der Waals surface area contributed by atoms with Gasteiger partial charge in [0.05, 0.1) is 11.5 Å². The molecular formula is C20H23N3O. The van der Waals surface area contributed by atoms with E-state index in [1.165, 1.54) is 12.8 Å². The number of nitriles is 1. The maximum absolute atomic E-state index is 11.2. The van der Waals surface area contributed by atoms with E-state index in [0.29, 0.717) is 25.7 Å².